The molecule has 0 aliphatic carbocycles. The van der Waals surface area contributed by atoms with Gasteiger partial charge < -0.3 is 20.1 Å². The molecule has 1 aromatic heterocycles. The van der Waals surface area contributed by atoms with Crippen LogP contribution in [-0.4, -0.2) is 18.6 Å². The first kappa shape index (κ1) is 19.9. The molecule has 2 aromatic rings. The molecule has 2 N–H and O–H groups in total. The number of nitrogens with one attached hydrogen (secondary N) is 2. The number of halogens is 1. The molecule has 2 heterocycles. The second-order valence-electron chi connectivity index (χ2n) is 6.26. The van der Waals surface area contributed by atoms with E-state index >= 15 is 0 Å². The molecule has 28 heavy (non-hydrogen) atoms. The van der Waals surface area contributed by atoms with Crippen molar-refractivity contribution in [1.29, 1.82) is 0 Å². The number of amides is 2. The zero-order valence-corrected chi connectivity index (χ0v) is 16.6. The monoisotopic (exact) mass is 404 g/mol. The minimum Gasteiger partial charge on any atom is -0.489 e. The molecule has 0 saturated carbocycles. The molecule has 1 aromatic carbocycles. The molecule has 8 heteroatoms. The number of urea groups is 1. The van der Waals surface area contributed by atoms with Gasteiger partial charge in [0.25, 0.3) is 0 Å². The molecule has 0 spiro atoms. The van der Waals surface area contributed by atoms with E-state index in [1.165, 1.54) is 23.5 Å². The Kier molecular flexibility index (Phi) is 5.99. The largest absolute Gasteiger partial charge is 0.489 e. The number of aryl methyl sites for hydroxylation is 1. The van der Waals surface area contributed by atoms with Crippen LogP contribution < -0.4 is 15.4 Å². The number of hydrogen-bond donors (Lipinski definition) is 2. The van der Waals surface area contributed by atoms with Gasteiger partial charge in [0.1, 0.15) is 18.2 Å². The van der Waals surface area contributed by atoms with E-state index in [1.807, 2.05) is 13.0 Å². The second kappa shape index (κ2) is 8.43. The fourth-order valence-electron chi connectivity index (χ4n) is 2.91. The van der Waals surface area contributed by atoms with Crippen molar-refractivity contribution in [2.45, 2.75) is 33.4 Å². The van der Waals surface area contributed by atoms with Crippen LogP contribution in [0.1, 0.15) is 35.2 Å². The third-order valence-electron chi connectivity index (χ3n) is 4.30. The summed E-state index contributed by atoms with van der Waals surface area (Å²) >= 11 is 1.48. The van der Waals surface area contributed by atoms with Crippen LogP contribution in [-0.2, 0) is 16.1 Å². The predicted octanol–water partition coefficient (Wildman–Crippen LogP) is 3.97. The highest BCUT2D eigenvalue weighted by atomic mass is 32.1. The Bertz CT molecular complexity index is 921. The van der Waals surface area contributed by atoms with E-state index in [9.17, 15) is 14.0 Å². The Balaban J connectivity index is 1.83. The van der Waals surface area contributed by atoms with Crippen LogP contribution in [0.4, 0.5) is 9.18 Å². The number of thiophene rings is 1. The van der Waals surface area contributed by atoms with Crippen molar-refractivity contribution in [3.8, 4) is 5.75 Å². The van der Waals surface area contributed by atoms with Gasteiger partial charge in [0.15, 0.2) is 0 Å². The SMILES string of the molecule is CCOC(=O)C1=C(C)NC(=O)NC1c1cc(COc2ccc(F)cc2)c(C)s1. The highest BCUT2D eigenvalue weighted by Crippen LogP contribution is 2.34. The number of ether oxygens (including phenoxy) is 2. The van der Waals surface area contributed by atoms with Gasteiger partial charge in [-0.15, -0.1) is 11.3 Å². The van der Waals surface area contributed by atoms with Gasteiger partial charge in [0.2, 0.25) is 0 Å². The maximum absolute atomic E-state index is 13.0. The highest BCUT2D eigenvalue weighted by molar-refractivity contribution is 7.12. The van der Waals surface area contributed by atoms with E-state index in [0.717, 1.165) is 15.3 Å². The third-order valence-corrected chi connectivity index (χ3v) is 5.45. The molecule has 1 atom stereocenters. The number of carbonyl (C=O) groups is 2. The number of rotatable bonds is 6. The van der Waals surface area contributed by atoms with Gasteiger partial charge >= 0.3 is 12.0 Å². The van der Waals surface area contributed by atoms with Crippen molar-refractivity contribution in [3.63, 3.8) is 0 Å². The van der Waals surface area contributed by atoms with Gasteiger partial charge in [-0.3, -0.25) is 0 Å². The lowest BCUT2D eigenvalue weighted by atomic mass is 10.0. The van der Waals surface area contributed by atoms with E-state index in [0.29, 0.717) is 23.6 Å². The van der Waals surface area contributed by atoms with Crippen LogP contribution in [0.2, 0.25) is 0 Å². The maximum Gasteiger partial charge on any atom is 0.338 e. The van der Waals surface area contributed by atoms with Gasteiger partial charge in [0.05, 0.1) is 18.2 Å². The highest BCUT2D eigenvalue weighted by Gasteiger charge is 2.33. The summed E-state index contributed by atoms with van der Waals surface area (Å²) in [5.41, 5.74) is 1.79. The van der Waals surface area contributed by atoms with Crippen molar-refractivity contribution in [1.82, 2.24) is 10.6 Å². The van der Waals surface area contributed by atoms with Crippen molar-refractivity contribution >= 4 is 23.3 Å². The molecule has 148 valence electrons. The summed E-state index contributed by atoms with van der Waals surface area (Å²) in [4.78, 5) is 26.2. The van der Waals surface area contributed by atoms with Crippen molar-refractivity contribution < 1.29 is 23.5 Å². The molecule has 0 fully saturated rings. The standard InChI is InChI=1S/C20H21FN2O4S/c1-4-26-19(24)17-11(2)22-20(25)23-18(17)16-9-13(12(3)28-16)10-27-15-7-5-14(21)6-8-15/h5-9,18H,4,10H2,1-3H3,(H2,22,23,25). The Hall–Kier alpha value is -2.87. The summed E-state index contributed by atoms with van der Waals surface area (Å²) in [5.74, 6) is -0.226. The summed E-state index contributed by atoms with van der Waals surface area (Å²) < 4.78 is 23.9. The molecule has 0 radical (unpaired) electrons. The van der Waals surface area contributed by atoms with Crippen molar-refractivity contribution in [2.75, 3.05) is 6.61 Å². The van der Waals surface area contributed by atoms with E-state index in [-0.39, 0.29) is 18.5 Å². The minimum absolute atomic E-state index is 0.247. The van der Waals surface area contributed by atoms with Crippen LogP contribution in [0.25, 0.3) is 0 Å². The zero-order chi connectivity index (χ0) is 20.3. The average Bonchev–Trinajstić information content (AvgIpc) is 3.01. The van der Waals surface area contributed by atoms with Crippen LogP contribution in [0, 0.1) is 12.7 Å². The van der Waals surface area contributed by atoms with Gasteiger partial charge in [-0.2, -0.15) is 0 Å². The summed E-state index contributed by atoms with van der Waals surface area (Å²) in [6.45, 7) is 5.90. The Morgan fingerprint density at radius 1 is 1.25 bits per heavy atom. The molecule has 0 bridgehead atoms. The topological polar surface area (TPSA) is 76.7 Å². The molecule has 6 nitrogen and oxygen atoms in total. The predicted molar refractivity (Wildman–Crippen MR) is 104 cm³/mol. The van der Waals surface area contributed by atoms with Crippen LogP contribution >= 0.6 is 11.3 Å². The molecule has 1 aliphatic heterocycles. The summed E-state index contributed by atoms with van der Waals surface area (Å²) in [5, 5.41) is 5.41. The quantitative estimate of drug-likeness (QED) is 0.715. The lowest BCUT2D eigenvalue weighted by Crippen LogP contribution is -2.45. The molecule has 2 amide bonds. The molecule has 1 unspecified atom stereocenters. The maximum atomic E-state index is 13.0. The lowest BCUT2D eigenvalue weighted by molar-refractivity contribution is -0.139. The minimum atomic E-state index is -0.587. The fraction of sp³-hybridized carbons (Fsp3) is 0.300. The molecule has 0 saturated heterocycles. The number of allylic oxidation sites excluding steroid dienone is 1. The van der Waals surface area contributed by atoms with Gasteiger partial charge in [0, 0.05) is 21.0 Å². The summed E-state index contributed by atoms with van der Waals surface area (Å²) in [6, 6.07) is 6.76. The summed E-state index contributed by atoms with van der Waals surface area (Å²) in [7, 11) is 0. The average molecular weight is 404 g/mol. The van der Waals surface area contributed by atoms with Crippen LogP contribution in [0.3, 0.4) is 0 Å². The smallest absolute Gasteiger partial charge is 0.338 e. The van der Waals surface area contributed by atoms with E-state index in [1.54, 1.807) is 26.0 Å². The first-order valence-electron chi connectivity index (χ1n) is 8.82. The van der Waals surface area contributed by atoms with Crippen molar-refractivity contribution in [3.05, 3.63) is 62.7 Å². The molecule has 1 aliphatic rings. The first-order chi connectivity index (χ1) is 13.4. The van der Waals surface area contributed by atoms with E-state index < -0.39 is 12.0 Å². The van der Waals surface area contributed by atoms with Gasteiger partial charge in [-0.25, -0.2) is 14.0 Å². The van der Waals surface area contributed by atoms with E-state index in [2.05, 4.69) is 10.6 Å². The Morgan fingerprint density at radius 2 is 1.96 bits per heavy atom. The number of esters is 1. The normalized spacial score (nSPS) is 16.4. The third kappa shape index (κ3) is 4.33. The molecular formula is C20H21FN2O4S. The molecular weight excluding hydrogens is 383 g/mol. The first-order valence-corrected chi connectivity index (χ1v) is 9.63. The van der Waals surface area contributed by atoms with Crippen LogP contribution in [0.5, 0.6) is 5.75 Å². The lowest BCUT2D eigenvalue weighted by Gasteiger charge is -2.27. The molecule has 3 rings (SSSR count). The fourth-order valence-corrected chi connectivity index (χ4v) is 4.01. The number of hydrogen-bond acceptors (Lipinski definition) is 5. The summed E-state index contributed by atoms with van der Waals surface area (Å²) in [6.07, 6.45) is 0. The van der Waals surface area contributed by atoms with Gasteiger partial charge in [-0.1, -0.05) is 0 Å². The second-order valence-corrected chi connectivity index (χ2v) is 7.55. The zero-order valence-electron chi connectivity index (χ0n) is 15.8. The number of carbonyl (C=O) groups excluding carboxylic acids is 2. The van der Waals surface area contributed by atoms with Crippen LogP contribution in [0.15, 0.2) is 41.6 Å². The Labute approximate surface area is 166 Å². The van der Waals surface area contributed by atoms with E-state index in [4.69, 9.17) is 9.47 Å². The number of benzene rings is 1. The Morgan fingerprint density at radius 3 is 2.64 bits per heavy atom. The van der Waals surface area contributed by atoms with Crippen molar-refractivity contribution in [2.24, 2.45) is 0 Å². The van der Waals surface area contributed by atoms with Gasteiger partial charge in [-0.05, 0) is 51.1 Å².